The van der Waals surface area contributed by atoms with Crippen LogP contribution >= 0.6 is 35.3 Å². The van der Waals surface area contributed by atoms with Gasteiger partial charge in [0.1, 0.15) is 54.1 Å². The lowest BCUT2D eigenvalue weighted by Crippen LogP contribution is -2.33. The third-order valence-corrected chi connectivity index (χ3v) is 20.9. The fourth-order valence-electron chi connectivity index (χ4n) is 12.6. The van der Waals surface area contributed by atoms with Crippen LogP contribution in [0.3, 0.4) is 0 Å². The number of benzene rings is 3. The summed E-state index contributed by atoms with van der Waals surface area (Å²) in [5.41, 5.74) is -3.67. The summed E-state index contributed by atoms with van der Waals surface area (Å²) < 4.78 is 242. The molecule has 0 amide bonds. The molecule has 0 radical (unpaired) electrons. The molecule has 15 rings (SSSR count). The summed E-state index contributed by atoms with van der Waals surface area (Å²) in [7, 11) is 0. The second-order valence-corrected chi connectivity index (χ2v) is 28.3. The molecule has 6 saturated carbocycles. The second kappa shape index (κ2) is 35.1. The van der Waals surface area contributed by atoms with Crippen molar-refractivity contribution in [1.82, 2.24) is 74.9 Å². The standard InChI is InChI=1S/3C24H31FN6O4S/c3*1-3-8-36-24-27-22(26-16-10-14(16)13-5-4-12(2)15(25)9-13)19-23(28-24)31(30-29-19)17-11-18(35-7-6-32)21(34)20(17)33/h3*4-5,9,14,16-18,20-21,32-34H,3,6-8,10-11H2,1-2H3,(H,26,27,28)/t3*14-,16+,17+,18-,20-,21+/m000/s1/i3D2,6D2,7D2,8D2,10D2,14D;3D2,7D2,8D2,10D2,14D;14D,16D. The van der Waals surface area contributed by atoms with Crippen LogP contribution in [-0.4, -0.2) is 251 Å². The van der Waals surface area contributed by atoms with Crippen molar-refractivity contribution in [2.24, 2.45) is 0 Å². The number of nitrogens with zero attached hydrogens (tertiary/aromatic N) is 15. The van der Waals surface area contributed by atoms with Gasteiger partial charge in [0.2, 0.25) is 0 Å². The van der Waals surface area contributed by atoms with Gasteiger partial charge in [0.15, 0.2) is 66.4 Å². The maximum atomic E-state index is 14.4. The molecular weight excluding hydrogens is 1460 g/mol. The number of rotatable bonds is 30. The third-order valence-electron chi connectivity index (χ3n) is 18.5. The van der Waals surface area contributed by atoms with Crippen LogP contribution in [-0.2, 0) is 14.2 Å². The summed E-state index contributed by atoms with van der Waals surface area (Å²) in [6, 6.07) is 5.22. The molecule has 3 aromatic carbocycles. The average Bonchev–Trinajstić information content (AvgIpc) is 1.52. The Hall–Kier alpha value is -7.14. The topological polar surface area (TPSA) is 415 Å². The quantitative estimate of drug-likeness (QED) is 0.0168. The van der Waals surface area contributed by atoms with E-state index in [2.05, 4.69) is 76.8 Å². The van der Waals surface area contributed by atoms with Gasteiger partial charge in [0, 0.05) is 92.8 Å². The van der Waals surface area contributed by atoms with Crippen LogP contribution in [0, 0.1) is 38.2 Å². The van der Waals surface area contributed by atoms with Gasteiger partial charge in [-0.25, -0.2) is 57.1 Å². The van der Waals surface area contributed by atoms with E-state index in [4.69, 9.17) is 49.5 Å². The van der Waals surface area contributed by atoms with Crippen LogP contribution in [0.25, 0.3) is 33.5 Å². The number of hydrogen-bond acceptors (Lipinski definition) is 30. The van der Waals surface area contributed by atoms with Crippen molar-refractivity contribution in [3.8, 4) is 0 Å². The molecule has 6 aromatic heterocycles. The van der Waals surface area contributed by atoms with Crippen molar-refractivity contribution in [1.29, 1.82) is 0 Å². The molecule has 0 spiro atoms. The lowest BCUT2D eigenvalue weighted by atomic mass is 10.1. The molecule has 30 nitrogen and oxygen atoms in total. The van der Waals surface area contributed by atoms with E-state index in [1.54, 1.807) is 19.1 Å². The highest BCUT2D eigenvalue weighted by Gasteiger charge is 2.49. The zero-order valence-corrected chi connectivity index (χ0v) is 60.9. The predicted molar refractivity (Wildman–Crippen MR) is 398 cm³/mol. The Morgan fingerprint density at radius 2 is 0.889 bits per heavy atom. The number of halogens is 3. The normalized spacial score (nSPS) is 35.2. The maximum Gasteiger partial charge on any atom is 0.191 e. The summed E-state index contributed by atoms with van der Waals surface area (Å²) >= 11 is 2.01. The van der Waals surface area contributed by atoms with E-state index in [0.29, 0.717) is 44.8 Å². The van der Waals surface area contributed by atoms with Gasteiger partial charge in [0.05, 0.1) is 85.5 Å². The molecular formula is C72H93F3N18O12S3. The Bertz CT molecular complexity index is 5720. The molecule has 6 fully saturated rings. The first-order chi connectivity index (χ1) is 60.1. The minimum atomic E-state index is -3.47. The first-order valence-electron chi connectivity index (χ1n) is 45.1. The maximum absolute atomic E-state index is 14.4. The van der Waals surface area contributed by atoms with Gasteiger partial charge < -0.3 is 76.1 Å². The highest BCUT2D eigenvalue weighted by atomic mass is 32.2. The van der Waals surface area contributed by atoms with E-state index in [1.807, 2.05) is 6.92 Å². The highest BCUT2D eigenvalue weighted by molar-refractivity contribution is 7.99. The first-order valence-corrected chi connectivity index (χ1v) is 36.7. The number of thioether (sulfide) groups is 3. The molecule has 12 N–H and O–H groups in total. The van der Waals surface area contributed by atoms with Crippen LogP contribution in [0.5, 0.6) is 0 Å². The van der Waals surface area contributed by atoms with Crippen molar-refractivity contribution in [3.05, 3.63) is 105 Å². The van der Waals surface area contributed by atoms with Gasteiger partial charge >= 0.3 is 0 Å². The van der Waals surface area contributed by atoms with Gasteiger partial charge in [-0.2, -0.15) is 0 Å². The number of aliphatic hydroxyl groups excluding tert-OH is 8. The fourth-order valence-corrected chi connectivity index (χ4v) is 14.2. The first kappa shape index (κ1) is 55.3. The number of aryl methyl sites for hydroxylation is 3. The molecule has 6 aliphatic carbocycles. The number of ether oxygens (including phenoxy) is 3. The molecule has 6 aliphatic rings. The number of nitrogens with one attached hydrogen (secondary N) is 3. The molecule has 9 aromatic rings. The smallest absolute Gasteiger partial charge is 0.191 e. The average molecular weight is 1580 g/mol. The minimum Gasteiger partial charge on any atom is -0.394 e. The fraction of sp³-hybridized carbons (Fsp3) is 0.583. The van der Waals surface area contributed by atoms with Crippen molar-refractivity contribution in [3.63, 3.8) is 0 Å². The van der Waals surface area contributed by atoms with Crippen molar-refractivity contribution >= 4 is 86.2 Å². The van der Waals surface area contributed by atoms with Gasteiger partial charge in [-0.3, -0.25) is 0 Å². The largest absolute Gasteiger partial charge is 0.394 e. The van der Waals surface area contributed by atoms with E-state index >= 15 is 0 Å². The van der Waals surface area contributed by atoms with E-state index in [9.17, 15) is 54.0 Å². The molecule has 0 aliphatic heterocycles. The Labute approximate surface area is 664 Å². The lowest BCUT2D eigenvalue weighted by Gasteiger charge is -2.17. The van der Waals surface area contributed by atoms with Crippen molar-refractivity contribution < 1.29 is 103 Å². The lowest BCUT2D eigenvalue weighted by molar-refractivity contribution is -0.0629. The molecule has 582 valence electrons. The van der Waals surface area contributed by atoms with Gasteiger partial charge in [0.25, 0.3) is 0 Å². The number of fused-ring (bicyclic) bond motifs is 3. The van der Waals surface area contributed by atoms with E-state index in [-0.39, 0.29) is 111 Å². The summed E-state index contributed by atoms with van der Waals surface area (Å²) in [6.45, 7) is -1.74. The van der Waals surface area contributed by atoms with Crippen LogP contribution in [0.2, 0.25) is 0 Å². The van der Waals surface area contributed by atoms with Crippen LogP contribution < -0.4 is 16.0 Å². The van der Waals surface area contributed by atoms with E-state index < -0.39 is 196 Å². The van der Waals surface area contributed by atoms with Gasteiger partial charge in [-0.1, -0.05) is 108 Å². The molecule has 0 bridgehead atoms. The molecule has 0 unspecified atom stereocenters. The van der Waals surface area contributed by atoms with Gasteiger partial charge in [-0.15, -0.1) is 15.3 Å². The van der Waals surface area contributed by atoms with Crippen LogP contribution in [0.15, 0.2) is 70.1 Å². The summed E-state index contributed by atoms with van der Waals surface area (Å²) in [5.74, 6) is -6.55. The zero-order chi connectivity index (χ0) is 96.0. The monoisotopic (exact) mass is 1580 g/mol. The minimum absolute atomic E-state index is 0.0264. The van der Waals surface area contributed by atoms with E-state index in [0.717, 1.165) is 47.5 Å². The predicted octanol–water partition coefficient (Wildman–Crippen LogP) is 6.55. The second-order valence-electron chi connectivity index (χ2n) is 25.7. The summed E-state index contributed by atoms with van der Waals surface area (Å²) in [6.07, 6.45) is -21.3. The Balaban J connectivity index is 0.000000167. The molecule has 108 heavy (non-hydrogen) atoms. The third kappa shape index (κ3) is 17.5. The SMILES string of the molecule is [2H]C([2H])(C)C([2H])([2H])Sc1nc(N[C@@H]2C([2H])([2H])[C@@]2([2H])c2ccc(C)c(F)c2)c2nnn([C@@H]3C[C@H](OC([2H])([2H])C([2H])([2H])O)[C@@H](O)[C@H]3O)c2n1.[2H]C([2H])(CO)O[C@H]1C[C@@H](n2nnc3c(N[C@@H]4C([2H])([2H])[C@@]4([2H])c4ccc(C)c(F)c4)nc(SC([2H])([2H])C([2H])([2H])C)nc32)[C@H](O)[C@@H]1O.[2H][C@@]1(Nc2nc(SCCC)nc3c2nnn3[C@@H]2C[C@H](OCCO)[C@@H](O)[C@H]2O)C[C@@]1([2H])c1ccc(C)c(F)c1. The number of hydrogen-bond donors (Lipinski definition) is 12. The Morgan fingerprint density at radius 1 is 0.500 bits per heavy atom. The molecule has 0 saturated heterocycles. The van der Waals surface area contributed by atoms with Crippen molar-refractivity contribution in [2.75, 3.05) is 72.6 Å². The van der Waals surface area contributed by atoms with Gasteiger partial charge in [-0.05, 0) is 111 Å². The molecule has 36 heteroatoms. The number of aliphatic hydroxyl groups is 9. The number of aromatic nitrogens is 15. The Kier molecular flexibility index (Phi) is 17.9. The van der Waals surface area contributed by atoms with Crippen LogP contribution in [0.4, 0.5) is 30.6 Å². The molecule has 18 atom stereocenters. The van der Waals surface area contributed by atoms with Crippen LogP contribution in [0.1, 0.15) is 178 Å². The van der Waals surface area contributed by atoms with Crippen molar-refractivity contribution in [2.45, 2.75) is 223 Å². The number of anilines is 3. The molecule has 6 heterocycles. The summed E-state index contributed by atoms with van der Waals surface area (Å²) in [4.78, 5) is 26.2. The Morgan fingerprint density at radius 3 is 1.27 bits per heavy atom. The van der Waals surface area contributed by atoms with E-state index in [1.165, 1.54) is 60.6 Å². The summed E-state index contributed by atoms with van der Waals surface area (Å²) in [5, 5.41) is 125. The highest BCUT2D eigenvalue weighted by Crippen LogP contribution is 2.48. The zero-order valence-electron chi connectivity index (χ0n) is 80.5.